The third-order valence-corrected chi connectivity index (χ3v) is 4.73. The predicted molar refractivity (Wildman–Crippen MR) is 113 cm³/mol. The number of benzene rings is 3. The molecule has 0 bridgehead atoms. The van der Waals surface area contributed by atoms with Gasteiger partial charge in [0.2, 0.25) is 0 Å². The van der Waals surface area contributed by atoms with Crippen molar-refractivity contribution in [2.75, 3.05) is 6.61 Å². The van der Waals surface area contributed by atoms with Gasteiger partial charge in [0.1, 0.15) is 12.4 Å². The number of hydrogen-bond acceptors (Lipinski definition) is 4. The van der Waals surface area contributed by atoms with Gasteiger partial charge in [-0.2, -0.15) is 0 Å². The molecule has 5 nitrogen and oxygen atoms in total. The molecule has 0 saturated heterocycles. The van der Waals surface area contributed by atoms with E-state index in [0.717, 1.165) is 22.3 Å². The standard InChI is InChI=1S/C23H22ClNO4/c24-20-9-15(14-29-22-7-2-1-4-18(22)12-23(27)28)8-19(11-20)16-5-3-6-17(10-16)21(25)13-26/h1-11,21,26H,12-14,25H2,(H,27,28)/t21-/m1/s1. The van der Waals surface area contributed by atoms with E-state index < -0.39 is 12.0 Å². The number of rotatable bonds is 8. The van der Waals surface area contributed by atoms with Crippen molar-refractivity contribution in [2.24, 2.45) is 5.73 Å². The van der Waals surface area contributed by atoms with Gasteiger partial charge in [-0.15, -0.1) is 0 Å². The molecular weight excluding hydrogens is 390 g/mol. The Labute approximate surface area is 174 Å². The second-order valence-corrected chi connectivity index (χ2v) is 7.17. The SMILES string of the molecule is N[C@H](CO)c1cccc(-c2cc(Cl)cc(COc3ccccc3CC(=O)O)c2)c1. The lowest BCUT2D eigenvalue weighted by Gasteiger charge is -2.13. The Morgan fingerprint density at radius 2 is 1.83 bits per heavy atom. The zero-order valence-corrected chi connectivity index (χ0v) is 16.5. The summed E-state index contributed by atoms with van der Waals surface area (Å²) in [4.78, 5) is 11.0. The van der Waals surface area contributed by atoms with Crippen LogP contribution in [0.3, 0.4) is 0 Å². The van der Waals surface area contributed by atoms with Gasteiger partial charge in [0.05, 0.1) is 19.1 Å². The van der Waals surface area contributed by atoms with Crippen molar-refractivity contribution in [3.8, 4) is 16.9 Å². The number of para-hydroxylation sites is 1. The number of ether oxygens (including phenoxy) is 1. The highest BCUT2D eigenvalue weighted by molar-refractivity contribution is 6.31. The van der Waals surface area contributed by atoms with E-state index in [-0.39, 0.29) is 19.6 Å². The molecule has 0 aromatic heterocycles. The van der Waals surface area contributed by atoms with Gasteiger partial charge in [-0.3, -0.25) is 4.79 Å². The lowest BCUT2D eigenvalue weighted by Crippen LogP contribution is -2.14. The molecule has 0 unspecified atom stereocenters. The molecule has 1 atom stereocenters. The molecule has 3 rings (SSSR count). The van der Waals surface area contributed by atoms with E-state index in [1.165, 1.54) is 0 Å². The molecule has 0 aliphatic heterocycles. The van der Waals surface area contributed by atoms with Crippen LogP contribution in [-0.2, 0) is 17.8 Å². The van der Waals surface area contributed by atoms with Gasteiger partial charge in [0.15, 0.2) is 0 Å². The maximum Gasteiger partial charge on any atom is 0.307 e. The van der Waals surface area contributed by atoms with E-state index in [9.17, 15) is 9.90 Å². The molecule has 0 saturated carbocycles. The fourth-order valence-corrected chi connectivity index (χ4v) is 3.33. The molecule has 0 heterocycles. The molecule has 4 N–H and O–H groups in total. The van der Waals surface area contributed by atoms with Gasteiger partial charge in [-0.25, -0.2) is 0 Å². The number of aliphatic hydroxyl groups is 1. The molecule has 0 spiro atoms. The largest absolute Gasteiger partial charge is 0.489 e. The van der Waals surface area contributed by atoms with Gasteiger partial charge in [0.25, 0.3) is 0 Å². The Morgan fingerprint density at radius 1 is 1.03 bits per heavy atom. The quantitative estimate of drug-likeness (QED) is 0.516. The smallest absolute Gasteiger partial charge is 0.307 e. The Hall–Kier alpha value is -2.86. The number of aliphatic hydroxyl groups excluding tert-OH is 1. The summed E-state index contributed by atoms with van der Waals surface area (Å²) in [5.74, 6) is -0.376. The molecule has 29 heavy (non-hydrogen) atoms. The molecular formula is C23H22ClNO4. The lowest BCUT2D eigenvalue weighted by atomic mass is 9.99. The van der Waals surface area contributed by atoms with Crippen molar-refractivity contribution in [1.29, 1.82) is 0 Å². The number of carboxylic acids is 1. The second kappa shape index (κ2) is 9.56. The summed E-state index contributed by atoms with van der Waals surface area (Å²) in [5, 5.41) is 18.9. The van der Waals surface area contributed by atoms with Gasteiger partial charge < -0.3 is 20.7 Å². The number of aliphatic carboxylic acids is 1. The lowest BCUT2D eigenvalue weighted by molar-refractivity contribution is -0.136. The maximum atomic E-state index is 11.0. The highest BCUT2D eigenvalue weighted by Gasteiger charge is 2.10. The zero-order valence-electron chi connectivity index (χ0n) is 15.7. The van der Waals surface area contributed by atoms with Crippen molar-refractivity contribution < 1.29 is 19.7 Å². The maximum absolute atomic E-state index is 11.0. The van der Waals surface area contributed by atoms with Crippen LogP contribution in [0.2, 0.25) is 5.02 Å². The van der Waals surface area contributed by atoms with Crippen LogP contribution < -0.4 is 10.5 Å². The first-order chi connectivity index (χ1) is 14.0. The van der Waals surface area contributed by atoms with Crippen LogP contribution in [-0.4, -0.2) is 22.8 Å². The summed E-state index contributed by atoms with van der Waals surface area (Å²) in [5.41, 5.74) is 10.1. The van der Waals surface area contributed by atoms with Crippen molar-refractivity contribution in [2.45, 2.75) is 19.1 Å². The Morgan fingerprint density at radius 3 is 2.59 bits per heavy atom. The topological polar surface area (TPSA) is 92.8 Å². The van der Waals surface area contributed by atoms with Gasteiger partial charge >= 0.3 is 5.97 Å². The van der Waals surface area contributed by atoms with Crippen molar-refractivity contribution in [1.82, 2.24) is 0 Å². The highest BCUT2D eigenvalue weighted by atomic mass is 35.5. The minimum absolute atomic E-state index is 0.102. The molecule has 6 heteroatoms. The van der Waals surface area contributed by atoms with Crippen LogP contribution in [0.15, 0.2) is 66.7 Å². The number of hydrogen-bond donors (Lipinski definition) is 3. The molecule has 0 fully saturated rings. The Balaban J connectivity index is 1.83. The molecule has 150 valence electrons. The van der Waals surface area contributed by atoms with Gasteiger partial charge in [0, 0.05) is 10.6 Å². The monoisotopic (exact) mass is 411 g/mol. The Bertz CT molecular complexity index is 1010. The van der Waals surface area contributed by atoms with Gasteiger partial charge in [-0.1, -0.05) is 48.0 Å². The highest BCUT2D eigenvalue weighted by Crippen LogP contribution is 2.28. The minimum atomic E-state index is -0.910. The van der Waals surface area contributed by atoms with Crippen LogP contribution in [0.4, 0.5) is 0 Å². The van der Waals surface area contributed by atoms with E-state index in [2.05, 4.69) is 0 Å². The third-order valence-electron chi connectivity index (χ3n) is 4.51. The van der Waals surface area contributed by atoms with E-state index in [4.69, 9.17) is 27.2 Å². The number of halogens is 1. The van der Waals surface area contributed by atoms with Crippen LogP contribution in [0.25, 0.3) is 11.1 Å². The minimum Gasteiger partial charge on any atom is -0.489 e. The van der Waals surface area contributed by atoms with Crippen molar-refractivity contribution >= 4 is 17.6 Å². The Kier molecular flexibility index (Phi) is 6.88. The average Bonchev–Trinajstić information content (AvgIpc) is 2.72. The van der Waals surface area contributed by atoms with E-state index in [0.29, 0.717) is 16.3 Å². The first-order valence-electron chi connectivity index (χ1n) is 9.15. The molecule has 0 aliphatic rings. The summed E-state index contributed by atoms with van der Waals surface area (Å²) >= 11 is 6.31. The molecule has 0 amide bonds. The second-order valence-electron chi connectivity index (χ2n) is 6.73. The number of nitrogens with two attached hydrogens (primary N) is 1. The average molecular weight is 412 g/mol. The summed E-state index contributed by atoms with van der Waals surface area (Å²) in [7, 11) is 0. The first-order valence-corrected chi connectivity index (χ1v) is 9.53. The predicted octanol–water partition coefficient (Wildman–Crippen LogP) is 4.21. The molecule has 0 radical (unpaired) electrons. The van der Waals surface area contributed by atoms with Crippen LogP contribution in [0, 0.1) is 0 Å². The summed E-state index contributed by atoms with van der Waals surface area (Å²) < 4.78 is 5.87. The normalized spacial score (nSPS) is 11.8. The van der Waals surface area contributed by atoms with Crippen LogP contribution >= 0.6 is 11.6 Å². The fraction of sp³-hybridized carbons (Fsp3) is 0.174. The number of carboxylic acid groups (broad SMARTS) is 1. The van der Waals surface area contributed by atoms with Crippen LogP contribution in [0.1, 0.15) is 22.7 Å². The molecule has 3 aromatic rings. The fourth-order valence-electron chi connectivity index (χ4n) is 3.07. The first kappa shape index (κ1) is 20.9. The van der Waals surface area contributed by atoms with E-state index in [1.54, 1.807) is 24.3 Å². The van der Waals surface area contributed by atoms with E-state index >= 15 is 0 Å². The van der Waals surface area contributed by atoms with Crippen molar-refractivity contribution in [3.63, 3.8) is 0 Å². The summed E-state index contributed by atoms with van der Waals surface area (Å²) in [6, 6.07) is 19.9. The third kappa shape index (κ3) is 5.57. The van der Waals surface area contributed by atoms with Crippen LogP contribution in [0.5, 0.6) is 5.75 Å². The van der Waals surface area contributed by atoms with Gasteiger partial charge in [-0.05, 0) is 52.6 Å². The zero-order chi connectivity index (χ0) is 20.8. The van der Waals surface area contributed by atoms with E-state index in [1.807, 2.05) is 42.5 Å². The van der Waals surface area contributed by atoms with Crippen molar-refractivity contribution in [3.05, 3.63) is 88.4 Å². The number of carbonyl (C=O) groups is 1. The molecule has 3 aromatic carbocycles. The molecule has 0 aliphatic carbocycles. The summed E-state index contributed by atoms with van der Waals surface area (Å²) in [6.07, 6.45) is -0.102. The summed E-state index contributed by atoms with van der Waals surface area (Å²) in [6.45, 7) is 0.119.